The number of rotatable bonds is 5. The van der Waals surface area contributed by atoms with E-state index < -0.39 is 11.8 Å². The smallest absolute Gasteiger partial charge is 0.348 e. The number of benzene rings is 2. The van der Waals surface area contributed by atoms with Crippen LogP contribution in [0.1, 0.15) is 19.3 Å². The van der Waals surface area contributed by atoms with Crippen molar-refractivity contribution in [3.63, 3.8) is 0 Å². The molecule has 5 nitrogen and oxygen atoms in total. The fourth-order valence-electron chi connectivity index (χ4n) is 2.17. The first-order valence-electron chi connectivity index (χ1n) is 7.59. The molecule has 0 bridgehead atoms. The van der Waals surface area contributed by atoms with Crippen molar-refractivity contribution in [3.05, 3.63) is 76.2 Å². The summed E-state index contributed by atoms with van der Waals surface area (Å²) in [5, 5.41) is 2.73. The topological polar surface area (TPSA) is 64.6 Å². The molecule has 0 unspecified atom stereocenters. The van der Waals surface area contributed by atoms with Gasteiger partial charge in [0.25, 0.3) is 5.91 Å². The normalized spacial score (nSPS) is 10.2. The Morgan fingerprint density at radius 3 is 2.54 bits per heavy atom. The molecular formula is C19H14FNO4S. The van der Waals surface area contributed by atoms with E-state index in [4.69, 9.17) is 4.74 Å². The van der Waals surface area contributed by atoms with E-state index in [-0.39, 0.29) is 5.91 Å². The first kappa shape index (κ1) is 17.6. The van der Waals surface area contributed by atoms with E-state index in [1.165, 1.54) is 31.4 Å². The number of halogens is 1. The fourth-order valence-corrected chi connectivity index (χ4v) is 2.99. The number of esters is 1. The van der Waals surface area contributed by atoms with Gasteiger partial charge < -0.3 is 14.8 Å². The summed E-state index contributed by atoms with van der Waals surface area (Å²) >= 11 is 1.03. The lowest BCUT2D eigenvalue weighted by Crippen LogP contribution is -2.10. The number of methoxy groups -OCH3 is 1. The molecule has 0 aliphatic rings. The van der Waals surface area contributed by atoms with Crippen LogP contribution in [0.25, 0.3) is 0 Å². The molecule has 2 aromatic carbocycles. The van der Waals surface area contributed by atoms with Gasteiger partial charge in [0.2, 0.25) is 0 Å². The lowest BCUT2D eigenvalue weighted by atomic mass is 10.2. The summed E-state index contributed by atoms with van der Waals surface area (Å²) in [4.78, 5) is 24.6. The highest BCUT2D eigenvalue weighted by molar-refractivity contribution is 7.16. The molecule has 0 saturated carbocycles. The predicted molar refractivity (Wildman–Crippen MR) is 96.5 cm³/mol. The van der Waals surface area contributed by atoms with Crippen molar-refractivity contribution < 1.29 is 23.5 Å². The van der Waals surface area contributed by atoms with Gasteiger partial charge in [-0.05, 0) is 36.4 Å². The minimum atomic E-state index is -0.496. The molecule has 1 aromatic heterocycles. The Bertz CT molecular complexity index is 954. The van der Waals surface area contributed by atoms with Gasteiger partial charge in [0, 0.05) is 6.07 Å². The molecular weight excluding hydrogens is 357 g/mol. The van der Waals surface area contributed by atoms with E-state index in [0.29, 0.717) is 26.9 Å². The number of anilines is 1. The number of amides is 1. The Morgan fingerprint density at radius 2 is 1.77 bits per heavy atom. The van der Waals surface area contributed by atoms with Crippen LogP contribution >= 0.6 is 11.3 Å². The molecule has 0 atom stereocenters. The van der Waals surface area contributed by atoms with Gasteiger partial charge in [0.1, 0.15) is 16.4 Å². The second kappa shape index (κ2) is 7.79. The van der Waals surface area contributed by atoms with Crippen LogP contribution in [0.3, 0.4) is 0 Å². The van der Waals surface area contributed by atoms with Gasteiger partial charge in [0.05, 0.1) is 17.7 Å². The molecule has 3 aromatic rings. The molecule has 3 rings (SSSR count). The standard InChI is InChI=1S/C19H14FNO4S/c1-24-19(23)17-10-9-16(26-17)18(22)21-14-7-2-3-8-15(14)25-13-6-4-5-12(20)11-13/h2-11H,1H3,(H,21,22). The molecule has 0 aliphatic heterocycles. The molecule has 0 fully saturated rings. The maximum atomic E-state index is 13.3. The third-order valence-corrected chi connectivity index (χ3v) is 4.44. The fraction of sp³-hybridized carbons (Fsp3) is 0.0526. The van der Waals surface area contributed by atoms with Crippen molar-refractivity contribution in [2.75, 3.05) is 12.4 Å². The number of thiophene rings is 1. The molecule has 1 N–H and O–H groups in total. The highest BCUT2D eigenvalue weighted by atomic mass is 32.1. The van der Waals surface area contributed by atoms with Crippen LogP contribution < -0.4 is 10.1 Å². The van der Waals surface area contributed by atoms with Crippen LogP contribution in [-0.2, 0) is 4.74 Å². The lowest BCUT2D eigenvalue weighted by Gasteiger charge is -2.11. The summed E-state index contributed by atoms with van der Waals surface area (Å²) in [5.41, 5.74) is 0.426. The number of hydrogen-bond acceptors (Lipinski definition) is 5. The SMILES string of the molecule is COC(=O)c1ccc(C(=O)Nc2ccccc2Oc2cccc(F)c2)s1. The second-order valence-corrected chi connectivity index (χ2v) is 6.25. The van der Waals surface area contributed by atoms with Crippen molar-refractivity contribution in [2.24, 2.45) is 0 Å². The molecule has 0 saturated heterocycles. The maximum absolute atomic E-state index is 13.3. The average molecular weight is 371 g/mol. The summed E-state index contributed by atoms with van der Waals surface area (Å²) in [5.74, 6) is -0.616. The van der Waals surface area contributed by atoms with Crippen LogP contribution in [0, 0.1) is 5.82 Å². The molecule has 0 radical (unpaired) electrons. The van der Waals surface area contributed by atoms with E-state index in [0.717, 1.165) is 11.3 Å². The van der Waals surface area contributed by atoms with E-state index in [2.05, 4.69) is 10.1 Å². The zero-order valence-electron chi connectivity index (χ0n) is 13.7. The third kappa shape index (κ3) is 4.07. The summed E-state index contributed by atoms with van der Waals surface area (Å²) < 4.78 is 23.6. The first-order valence-corrected chi connectivity index (χ1v) is 8.40. The molecule has 0 spiro atoms. The van der Waals surface area contributed by atoms with Crippen LogP contribution in [-0.4, -0.2) is 19.0 Å². The van der Waals surface area contributed by atoms with Crippen molar-refractivity contribution in [3.8, 4) is 11.5 Å². The molecule has 1 heterocycles. The average Bonchev–Trinajstić information content (AvgIpc) is 3.13. The monoisotopic (exact) mass is 371 g/mol. The minimum absolute atomic E-state index is 0.316. The molecule has 0 aliphatic carbocycles. The quantitative estimate of drug-likeness (QED) is 0.659. The maximum Gasteiger partial charge on any atom is 0.348 e. The highest BCUT2D eigenvalue weighted by Gasteiger charge is 2.16. The molecule has 7 heteroatoms. The van der Waals surface area contributed by atoms with Gasteiger partial charge in [0.15, 0.2) is 5.75 Å². The Morgan fingerprint density at radius 1 is 1.00 bits per heavy atom. The number of hydrogen-bond donors (Lipinski definition) is 1. The third-order valence-electron chi connectivity index (χ3n) is 3.38. The Balaban J connectivity index is 1.78. The summed E-state index contributed by atoms with van der Waals surface area (Å²) in [6, 6.07) is 15.6. The number of carbonyl (C=O) groups excluding carboxylic acids is 2. The number of ether oxygens (including phenoxy) is 2. The number of carbonyl (C=O) groups is 2. The van der Waals surface area contributed by atoms with Gasteiger partial charge in [-0.1, -0.05) is 18.2 Å². The van der Waals surface area contributed by atoms with E-state index in [9.17, 15) is 14.0 Å². The largest absolute Gasteiger partial charge is 0.465 e. The molecule has 26 heavy (non-hydrogen) atoms. The van der Waals surface area contributed by atoms with Crippen molar-refractivity contribution in [1.82, 2.24) is 0 Å². The Hall–Kier alpha value is -3.19. The van der Waals surface area contributed by atoms with Crippen LogP contribution in [0.2, 0.25) is 0 Å². The van der Waals surface area contributed by atoms with Crippen molar-refractivity contribution >= 4 is 28.9 Å². The van der Waals surface area contributed by atoms with Gasteiger partial charge in [-0.3, -0.25) is 4.79 Å². The molecule has 132 valence electrons. The molecule has 1 amide bonds. The minimum Gasteiger partial charge on any atom is -0.465 e. The number of nitrogens with one attached hydrogen (secondary N) is 1. The van der Waals surface area contributed by atoms with Crippen LogP contribution in [0.5, 0.6) is 11.5 Å². The van der Waals surface area contributed by atoms with Crippen molar-refractivity contribution in [1.29, 1.82) is 0 Å². The van der Waals surface area contributed by atoms with Crippen LogP contribution in [0.4, 0.5) is 10.1 Å². The van der Waals surface area contributed by atoms with Crippen molar-refractivity contribution in [2.45, 2.75) is 0 Å². The van der Waals surface area contributed by atoms with E-state index in [1.807, 2.05) is 0 Å². The summed E-state index contributed by atoms with van der Waals surface area (Å²) in [6.45, 7) is 0. The lowest BCUT2D eigenvalue weighted by molar-refractivity contribution is 0.0606. The Labute approximate surface area is 153 Å². The predicted octanol–water partition coefficient (Wildman–Crippen LogP) is 4.72. The summed E-state index contributed by atoms with van der Waals surface area (Å²) in [6.07, 6.45) is 0. The van der Waals surface area contributed by atoms with E-state index in [1.54, 1.807) is 36.4 Å². The number of para-hydroxylation sites is 2. The summed E-state index contributed by atoms with van der Waals surface area (Å²) in [7, 11) is 1.28. The second-order valence-electron chi connectivity index (χ2n) is 5.17. The Kier molecular flexibility index (Phi) is 5.28. The van der Waals surface area contributed by atoms with Gasteiger partial charge in [-0.2, -0.15) is 0 Å². The highest BCUT2D eigenvalue weighted by Crippen LogP contribution is 2.30. The first-order chi connectivity index (χ1) is 12.6. The zero-order chi connectivity index (χ0) is 18.5. The zero-order valence-corrected chi connectivity index (χ0v) is 14.5. The van der Waals surface area contributed by atoms with Gasteiger partial charge >= 0.3 is 5.97 Å². The van der Waals surface area contributed by atoms with Crippen LogP contribution in [0.15, 0.2) is 60.7 Å². The van der Waals surface area contributed by atoms with Gasteiger partial charge in [-0.25, -0.2) is 9.18 Å². The van der Waals surface area contributed by atoms with Gasteiger partial charge in [-0.15, -0.1) is 11.3 Å². The van der Waals surface area contributed by atoms with E-state index >= 15 is 0 Å².